The van der Waals surface area contributed by atoms with Crippen molar-refractivity contribution in [2.45, 2.75) is 55.4 Å². The van der Waals surface area contributed by atoms with Gasteiger partial charge in [-0.25, -0.2) is 21.8 Å². The van der Waals surface area contributed by atoms with Crippen molar-refractivity contribution in [3.8, 4) is 5.75 Å². The van der Waals surface area contributed by atoms with Crippen molar-refractivity contribution in [1.29, 1.82) is 0 Å². The Morgan fingerprint density at radius 3 is 2.31 bits per heavy atom. The van der Waals surface area contributed by atoms with Gasteiger partial charge in [-0.2, -0.15) is 0 Å². The molecule has 2 atom stereocenters. The first-order valence-electron chi connectivity index (χ1n) is 16.9. The van der Waals surface area contributed by atoms with E-state index >= 15 is 0 Å². The number of nitrogens with zero attached hydrogens (tertiary/aromatic N) is 2. The van der Waals surface area contributed by atoms with Crippen LogP contribution in [0.25, 0.3) is 0 Å². The fraction of sp³-hybridized carbons (Fsp3) is 0.444. The van der Waals surface area contributed by atoms with Crippen LogP contribution in [0.1, 0.15) is 51.1 Å². The van der Waals surface area contributed by atoms with Gasteiger partial charge in [0.15, 0.2) is 16.4 Å². The molecule has 1 unspecified atom stereocenters. The highest BCUT2D eigenvalue weighted by Gasteiger charge is 2.42. The van der Waals surface area contributed by atoms with Gasteiger partial charge >= 0.3 is 0 Å². The Morgan fingerprint density at radius 2 is 1.71 bits per heavy atom. The topological polar surface area (TPSA) is 154 Å². The first-order valence-corrected chi connectivity index (χ1v) is 21.5. The molecule has 1 aliphatic heterocycles. The Labute approximate surface area is 306 Å². The van der Waals surface area contributed by atoms with Gasteiger partial charge in [0.2, 0.25) is 15.9 Å². The minimum absolute atomic E-state index is 0.00818. The molecule has 0 aromatic heterocycles. The van der Waals surface area contributed by atoms with Gasteiger partial charge in [-0.05, 0) is 42.9 Å². The molecule has 1 heterocycles. The number of hydrogen-bond donors (Lipinski definition) is 3. The molecule has 3 aromatic rings. The average Bonchev–Trinajstić information content (AvgIpc) is 3.19. The number of carbonyl (C=O) groups excluding carboxylic acids is 2. The van der Waals surface area contributed by atoms with Crippen LogP contribution in [0.5, 0.6) is 5.75 Å². The number of sulfone groups is 1. The van der Waals surface area contributed by atoms with Crippen molar-refractivity contribution in [2.75, 3.05) is 56.5 Å². The number of fused-ring (bicyclic) bond motifs is 1. The van der Waals surface area contributed by atoms with E-state index in [0.717, 1.165) is 24.9 Å². The second kappa shape index (κ2) is 17.7. The predicted octanol–water partition coefficient (Wildman–Crippen LogP) is 4.67. The number of hydrogen-bond acceptors (Lipinski definition) is 10. The lowest BCUT2D eigenvalue weighted by molar-refractivity contribution is -0.130. The van der Waals surface area contributed by atoms with Crippen molar-refractivity contribution < 1.29 is 31.2 Å². The number of ether oxygens (including phenoxy) is 1. The van der Waals surface area contributed by atoms with E-state index in [1.54, 1.807) is 30.3 Å². The van der Waals surface area contributed by atoms with Crippen molar-refractivity contribution in [3.05, 3.63) is 78.4 Å². The van der Waals surface area contributed by atoms with E-state index in [9.17, 15) is 26.4 Å². The summed E-state index contributed by atoms with van der Waals surface area (Å²) in [6.07, 6.45) is 5.19. The normalized spacial score (nSPS) is 17.6. The zero-order chi connectivity index (χ0) is 37.2. The number of nitrogens with one attached hydrogen (secondary N) is 3. The molecule has 2 amide bonds. The summed E-state index contributed by atoms with van der Waals surface area (Å²) in [6.45, 7) is 4.02. The zero-order valence-electron chi connectivity index (χ0n) is 29.8. The lowest BCUT2D eigenvalue weighted by atomic mass is 9.81. The standard InChI is InChI=1S/C36H49N5O7S3/c1-6-8-19-36(7-2)25-41(28-17-13-10-14-18-28)29-22-31(49-5)30(23-32(29)50(44,45)26-36)48-24-33(42)38-34(27-15-11-9-12-16-27)35(43)37-20-21-51(46,47)39-40(3)4/h9-18,22-23,34,39H,6-8,19-21,24-26H2,1-5H3,(H,37,43)(H,38,42)/t34-,36?/m1/s1. The van der Waals surface area contributed by atoms with E-state index in [0.29, 0.717) is 29.1 Å². The van der Waals surface area contributed by atoms with Crippen LogP contribution in [0.2, 0.25) is 0 Å². The Morgan fingerprint density at radius 1 is 1.04 bits per heavy atom. The molecule has 3 aromatic carbocycles. The van der Waals surface area contributed by atoms with Crippen LogP contribution in [-0.2, 0) is 29.4 Å². The van der Waals surface area contributed by atoms with E-state index in [4.69, 9.17) is 4.74 Å². The predicted molar refractivity (Wildman–Crippen MR) is 202 cm³/mol. The molecule has 0 radical (unpaired) electrons. The Bertz CT molecular complexity index is 1860. The van der Waals surface area contributed by atoms with Crippen LogP contribution in [-0.4, -0.2) is 85.2 Å². The molecule has 0 saturated heterocycles. The summed E-state index contributed by atoms with van der Waals surface area (Å²) < 4.78 is 58.9. The summed E-state index contributed by atoms with van der Waals surface area (Å²) >= 11 is 1.37. The summed E-state index contributed by atoms with van der Waals surface area (Å²) in [5.41, 5.74) is 1.48. The number of rotatable bonds is 17. The minimum atomic E-state index is -3.78. The molecule has 278 valence electrons. The van der Waals surface area contributed by atoms with Crippen LogP contribution in [0, 0.1) is 5.41 Å². The van der Waals surface area contributed by atoms with E-state index in [-0.39, 0.29) is 28.7 Å². The average molecular weight is 760 g/mol. The monoisotopic (exact) mass is 759 g/mol. The smallest absolute Gasteiger partial charge is 0.258 e. The van der Waals surface area contributed by atoms with Crippen LogP contribution >= 0.6 is 11.8 Å². The number of unbranched alkanes of at least 4 members (excludes halogenated alkanes) is 1. The van der Waals surface area contributed by atoms with Crippen molar-refractivity contribution >= 4 is 54.8 Å². The molecule has 0 bridgehead atoms. The molecule has 4 rings (SSSR count). The molecular formula is C36H49N5O7S3. The Hall–Kier alpha value is -3.63. The summed E-state index contributed by atoms with van der Waals surface area (Å²) in [7, 11) is -4.38. The number of hydrazine groups is 1. The van der Waals surface area contributed by atoms with Crippen LogP contribution < -0.4 is 25.1 Å². The van der Waals surface area contributed by atoms with E-state index in [1.807, 2.05) is 42.7 Å². The van der Waals surface area contributed by atoms with Crippen LogP contribution in [0.3, 0.4) is 0 Å². The third kappa shape index (κ3) is 10.7. The highest BCUT2D eigenvalue weighted by Crippen LogP contribution is 2.47. The third-order valence-electron chi connectivity index (χ3n) is 8.79. The van der Waals surface area contributed by atoms with Gasteiger partial charge in [-0.3, -0.25) is 9.59 Å². The molecule has 12 nitrogen and oxygen atoms in total. The molecule has 0 fully saturated rings. The largest absolute Gasteiger partial charge is 0.483 e. The molecule has 15 heteroatoms. The second-order valence-corrected chi connectivity index (χ2v) is 17.5. The molecule has 0 saturated carbocycles. The Balaban J connectivity index is 1.60. The fourth-order valence-corrected chi connectivity index (χ4v) is 9.91. The third-order valence-corrected chi connectivity index (χ3v) is 12.9. The fourth-order valence-electron chi connectivity index (χ4n) is 6.17. The lowest BCUT2D eigenvalue weighted by Gasteiger charge is -2.36. The molecule has 0 spiro atoms. The van der Waals surface area contributed by atoms with E-state index in [2.05, 4.69) is 34.2 Å². The molecule has 51 heavy (non-hydrogen) atoms. The van der Waals surface area contributed by atoms with Crippen molar-refractivity contribution in [3.63, 3.8) is 0 Å². The first kappa shape index (κ1) is 40.1. The highest BCUT2D eigenvalue weighted by molar-refractivity contribution is 7.98. The van der Waals surface area contributed by atoms with Gasteiger partial charge in [0.1, 0.15) is 11.8 Å². The van der Waals surface area contributed by atoms with Crippen LogP contribution in [0.15, 0.2) is 82.6 Å². The quantitative estimate of drug-likeness (QED) is 0.131. The number of thioether (sulfide) groups is 1. The maximum atomic E-state index is 14.2. The van der Waals surface area contributed by atoms with E-state index < -0.39 is 49.7 Å². The van der Waals surface area contributed by atoms with Gasteiger partial charge in [0.25, 0.3) is 5.91 Å². The van der Waals surface area contributed by atoms with Crippen molar-refractivity contribution in [1.82, 2.24) is 20.5 Å². The summed E-state index contributed by atoms with van der Waals surface area (Å²) in [6, 6.07) is 20.5. The molecular weight excluding hydrogens is 711 g/mol. The van der Waals surface area contributed by atoms with Gasteiger partial charge in [0, 0.05) is 44.4 Å². The summed E-state index contributed by atoms with van der Waals surface area (Å²) in [5, 5.41) is 6.57. The second-order valence-electron chi connectivity index (χ2n) is 12.9. The van der Waals surface area contributed by atoms with Crippen LogP contribution in [0.4, 0.5) is 11.4 Å². The number of anilines is 2. The maximum Gasteiger partial charge on any atom is 0.258 e. The number of carbonyl (C=O) groups is 2. The first-order chi connectivity index (χ1) is 24.2. The summed E-state index contributed by atoms with van der Waals surface area (Å²) in [4.78, 5) is 31.8. The molecule has 0 aliphatic carbocycles. The summed E-state index contributed by atoms with van der Waals surface area (Å²) in [5.74, 6) is -1.36. The van der Waals surface area contributed by atoms with Gasteiger partial charge in [-0.1, -0.05) is 75.2 Å². The van der Waals surface area contributed by atoms with E-state index in [1.165, 1.54) is 36.9 Å². The maximum absolute atomic E-state index is 14.2. The lowest BCUT2D eigenvalue weighted by Crippen LogP contribution is -2.45. The highest BCUT2D eigenvalue weighted by atomic mass is 32.2. The van der Waals surface area contributed by atoms with Gasteiger partial charge in [0.05, 0.1) is 27.0 Å². The zero-order valence-corrected chi connectivity index (χ0v) is 32.3. The Kier molecular flexibility index (Phi) is 14.0. The van der Waals surface area contributed by atoms with Gasteiger partial charge < -0.3 is 20.3 Å². The number of para-hydroxylation sites is 1. The number of sulfonamides is 1. The number of amides is 2. The minimum Gasteiger partial charge on any atom is -0.483 e. The molecule has 3 N–H and O–H groups in total. The number of benzene rings is 3. The molecule has 1 aliphatic rings. The van der Waals surface area contributed by atoms with Crippen molar-refractivity contribution in [2.24, 2.45) is 5.41 Å². The SMILES string of the molecule is CCCCC1(CC)CN(c2ccccc2)c2cc(SC)c(OCC(=O)N[C@@H](C(=O)NCCS(=O)(=O)NN(C)C)c3ccccc3)cc2S(=O)(=O)C1. The van der Waals surface area contributed by atoms with Gasteiger partial charge in [-0.15, -0.1) is 16.6 Å².